The van der Waals surface area contributed by atoms with Gasteiger partial charge in [0.2, 0.25) is 0 Å². The summed E-state index contributed by atoms with van der Waals surface area (Å²) >= 11 is 6.28. The molecule has 0 aliphatic rings. The zero-order valence-electron chi connectivity index (χ0n) is 19.3. The van der Waals surface area contributed by atoms with Gasteiger partial charge in [0.15, 0.2) is 9.84 Å². The Morgan fingerprint density at radius 3 is 2.32 bits per heavy atom. The maximum atomic E-state index is 14.7. The van der Waals surface area contributed by atoms with Crippen molar-refractivity contribution in [1.29, 1.82) is 5.41 Å². The van der Waals surface area contributed by atoms with E-state index in [9.17, 15) is 17.9 Å². The minimum atomic E-state index is -3.34. The van der Waals surface area contributed by atoms with Gasteiger partial charge in [-0.15, -0.1) is 0 Å². The smallest absolute Gasteiger partial charge is 0.175 e. The lowest BCUT2D eigenvalue weighted by molar-refractivity contribution is 0.154. The van der Waals surface area contributed by atoms with E-state index in [1.54, 1.807) is 30.3 Å². The highest BCUT2D eigenvalue weighted by molar-refractivity contribution is 7.90. The molecule has 3 aromatic carbocycles. The third-order valence-corrected chi connectivity index (χ3v) is 6.70. The summed E-state index contributed by atoms with van der Waals surface area (Å²) in [5.41, 5.74) is 1.75. The van der Waals surface area contributed by atoms with Crippen molar-refractivity contribution in [2.75, 3.05) is 11.6 Å². The Balaban J connectivity index is 2.05. The predicted octanol–water partition coefficient (Wildman–Crippen LogP) is 6.10. The van der Waals surface area contributed by atoms with E-state index in [2.05, 4.69) is 5.32 Å². The molecule has 0 saturated heterocycles. The molecule has 5 nitrogen and oxygen atoms in total. The van der Waals surface area contributed by atoms with Crippen molar-refractivity contribution in [2.24, 2.45) is 0 Å². The van der Waals surface area contributed by atoms with Gasteiger partial charge in [-0.3, -0.25) is 0 Å². The zero-order valence-corrected chi connectivity index (χ0v) is 20.9. The van der Waals surface area contributed by atoms with E-state index in [1.165, 1.54) is 32.1 Å². The molecule has 0 amide bonds. The van der Waals surface area contributed by atoms with Crippen LogP contribution in [-0.2, 0) is 9.84 Å². The molecule has 0 aliphatic heterocycles. The van der Waals surface area contributed by atoms with E-state index >= 15 is 0 Å². The summed E-state index contributed by atoms with van der Waals surface area (Å²) in [5, 5.41) is 21.7. The first-order valence-electron chi connectivity index (χ1n) is 10.4. The summed E-state index contributed by atoms with van der Waals surface area (Å²) in [5.74, 6) is -0.568. The summed E-state index contributed by atoms with van der Waals surface area (Å²) in [7, 11) is -3.34. The van der Waals surface area contributed by atoms with Gasteiger partial charge in [-0.2, -0.15) is 0 Å². The molecule has 0 spiro atoms. The second-order valence-corrected chi connectivity index (χ2v) is 11.0. The summed E-state index contributed by atoms with van der Waals surface area (Å²) in [6.07, 6.45) is 2.52. The number of hydrogen-bond acceptors (Lipinski definition) is 5. The third kappa shape index (κ3) is 5.91. The number of sulfone groups is 1. The number of anilines is 1. The van der Waals surface area contributed by atoms with Crippen LogP contribution in [0.2, 0.25) is 5.02 Å². The number of rotatable bonds is 7. The van der Waals surface area contributed by atoms with Gasteiger partial charge in [0, 0.05) is 11.9 Å². The highest BCUT2D eigenvalue weighted by Crippen LogP contribution is 2.32. The van der Waals surface area contributed by atoms with Crippen molar-refractivity contribution in [3.8, 4) is 11.1 Å². The molecule has 8 heteroatoms. The van der Waals surface area contributed by atoms with Crippen LogP contribution >= 0.6 is 11.6 Å². The Morgan fingerprint density at radius 2 is 1.74 bits per heavy atom. The highest BCUT2D eigenvalue weighted by Gasteiger charge is 2.21. The van der Waals surface area contributed by atoms with Crippen LogP contribution in [0.25, 0.3) is 16.8 Å². The lowest BCUT2D eigenvalue weighted by Gasteiger charge is -2.20. The molecular weight excluding hydrogens is 475 g/mol. The van der Waals surface area contributed by atoms with Crippen molar-refractivity contribution in [3.05, 3.63) is 88.7 Å². The van der Waals surface area contributed by atoms with Crippen LogP contribution in [0, 0.1) is 18.2 Å². The maximum Gasteiger partial charge on any atom is 0.175 e. The fourth-order valence-corrected chi connectivity index (χ4v) is 4.21. The first-order chi connectivity index (χ1) is 15.8. The van der Waals surface area contributed by atoms with Gasteiger partial charge in [-0.25, -0.2) is 12.8 Å². The third-order valence-electron chi connectivity index (χ3n) is 5.27. The Morgan fingerprint density at radius 1 is 1.09 bits per heavy atom. The largest absolute Gasteiger partial charge is 0.384 e. The first kappa shape index (κ1) is 25.6. The molecule has 0 aliphatic carbocycles. The van der Waals surface area contributed by atoms with E-state index in [0.29, 0.717) is 5.69 Å². The van der Waals surface area contributed by atoms with Crippen LogP contribution in [0.5, 0.6) is 0 Å². The molecule has 0 aromatic heterocycles. The summed E-state index contributed by atoms with van der Waals surface area (Å²) in [4.78, 5) is 0.231. The average molecular weight is 501 g/mol. The van der Waals surface area contributed by atoms with Crippen LogP contribution in [-0.4, -0.2) is 31.1 Å². The monoisotopic (exact) mass is 500 g/mol. The van der Waals surface area contributed by atoms with Crippen LogP contribution < -0.4 is 5.32 Å². The normalized spacial score (nSPS) is 12.5. The Hall–Kier alpha value is -3.00. The van der Waals surface area contributed by atoms with Gasteiger partial charge in [-0.05, 0) is 79.9 Å². The van der Waals surface area contributed by atoms with Crippen molar-refractivity contribution in [1.82, 2.24) is 0 Å². The SMILES string of the molecule is Cc1cc(-c2cccc(S(C)(=O)=O)c2)ccc1N/C(=C\C(=N)C(C)(C)O)c1c(F)cccc1Cl. The molecule has 3 aromatic rings. The molecule has 0 radical (unpaired) electrons. The summed E-state index contributed by atoms with van der Waals surface area (Å²) in [6, 6.07) is 16.5. The predicted molar refractivity (Wildman–Crippen MR) is 137 cm³/mol. The Bertz CT molecular complexity index is 1370. The molecular formula is C26H26ClFN2O3S. The number of aliphatic hydroxyl groups is 1. The fourth-order valence-electron chi connectivity index (χ4n) is 3.28. The van der Waals surface area contributed by atoms with Crippen LogP contribution in [0.1, 0.15) is 25.0 Å². The molecule has 34 heavy (non-hydrogen) atoms. The number of benzene rings is 3. The van der Waals surface area contributed by atoms with Crippen LogP contribution in [0.4, 0.5) is 10.1 Å². The molecule has 3 rings (SSSR count). The molecule has 0 heterocycles. The van der Waals surface area contributed by atoms with E-state index in [-0.39, 0.29) is 26.9 Å². The first-order valence-corrected chi connectivity index (χ1v) is 12.7. The fraction of sp³-hybridized carbons (Fsp3) is 0.192. The lowest BCUT2D eigenvalue weighted by Crippen LogP contribution is -2.29. The Kier molecular flexibility index (Phi) is 7.31. The molecule has 0 saturated carbocycles. The van der Waals surface area contributed by atoms with Crippen molar-refractivity contribution in [3.63, 3.8) is 0 Å². The molecule has 0 unspecified atom stereocenters. The second-order valence-electron chi connectivity index (χ2n) is 8.58. The standard InChI is InChI=1S/C26H26ClFN2O3S/c1-16-13-18(17-7-5-8-19(14-17)34(4,32)33)11-12-22(16)30-23(15-24(29)26(2,3)31)25-20(27)9-6-10-21(25)28/h5-15,29-31H,1-4H3/b23-15-,29-24?. The molecule has 0 bridgehead atoms. The maximum absolute atomic E-state index is 14.7. The quantitative estimate of drug-likeness (QED) is 0.342. The van der Waals surface area contributed by atoms with E-state index in [1.807, 2.05) is 25.1 Å². The van der Waals surface area contributed by atoms with Crippen molar-refractivity contribution in [2.45, 2.75) is 31.3 Å². The van der Waals surface area contributed by atoms with Gasteiger partial charge in [-0.1, -0.05) is 35.9 Å². The van der Waals surface area contributed by atoms with Gasteiger partial charge in [0.05, 0.1) is 26.9 Å². The summed E-state index contributed by atoms with van der Waals surface area (Å²) < 4.78 is 38.6. The van der Waals surface area contributed by atoms with Gasteiger partial charge >= 0.3 is 0 Å². The van der Waals surface area contributed by atoms with E-state index in [4.69, 9.17) is 17.0 Å². The van der Waals surface area contributed by atoms with Gasteiger partial charge in [0.25, 0.3) is 0 Å². The highest BCUT2D eigenvalue weighted by atomic mass is 35.5. The zero-order chi connectivity index (χ0) is 25.3. The van der Waals surface area contributed by atoms with Crippen LogP contribution in [0.15, 0.2) is 71.6 Å². The van der Waals surface area contributed by atoms with Crippen molar-refractivity contribution >= 4 is 38.5 Å². The number of aryl methyl sites for hydroxylation is 1. The molecule has 3 N–H and O–H groups in total. The summed E-state index contributed by atoms with van der Waals surface area (Å²) in [6.45, 7) is 4.79. The topological polar surface area (TPSA) is 90.3 Å². The minimum absolute atomic E-state index is 0.0856. The number of nitrogens with one attached hydrogen (secondary N) is 2. The molecule has 0 atom stereocenters. The second kappa shape index (κ2) is 9.70. The van der Waals surface area contributed by atoms with Gasteiger partial charge in [0.1, 0.15) is 11.4 Å². The molecule has 178 valence electrons. The van der Waals surface area contributed by atoms with Gasteiger partial charge < -0.3 is 15.8 Å². The van der Waals surface area contributed by atoms with Crippen LogP contribution in [0.3, 0.4) is 0 Å². The van der Waals surface area contributed by atoms with E-state index in [0.717, 1.165) is 22.9 Å². The number of halogens is 2. The van der Waals surface area contributed by atoms with Crippen molar-refractivity contribution < 1.29 is 17.9 Å². The lowest BCUT2D eigenvalue weighted by atomic mass is 9.99. The molecule has 0 fully saturated rings. The number of hydrogen-bond donors (Lipinski definition) is 3. The van der Waals surface area contributed by atoms with E-state index < -0.39 is 21.3 Å². The average Bonchev–Trinajstić information content (AvgIpc) is 2.73. The minimum Gasteiger partial charge on any atom is -0.384 e. The Labute approximate surface area is 204 Å².